The van der Waals surface area contributed by atoms with Crippen molar-refractivity contribution in [3.05, 3.63) is 36.4 Å². The average Bonchev–Trinajstić information content (AvgIpc) is 2.92. The van der Waals surface area contributed by atoms with Crippen molar-refractivity contribution in [3.8, 4) is 0 Å². The fraction of sp³-hybridized carbons (Fsp3) is 0.429. The Morgan fingerprint density at radius 1 is 1.40 bits per heavy atom. The molecule has 0 aliphatic rings. The lowest BCUT2D eigenvalue weighted by Gasteiger charge is -2.01. The standard InChI is InChI=1S/C14H17BrN2OS2/c1-8(2)6-12-17-9(3)13(20-12)14(18)16-7-10-4-5-11(15)19-10/h4-5,8H,6-7H2,1-3H3,(H,16,18). The number of amides is 1. The van der Waals surface area contributed by atoms with E-state index in [-0.39, 0.29) is 5.91 Å². The van der Waals surface area contributed by atoms with Crippen molar-refractivity contribution in [1.29, 1.82) is 0 Å². The Morgan fingerprint density at radius 2 is 2.15 bits per heavy atom. The molecule has 0 aliphatic carbocycles. The van der Waals surface area contributed by atoms with Crippen molar-refractivity contribution in [2.75, 3.05) is 0 Å². The fourth-order valence-electron chi connectivity index (χ4n) is 1.79. The van der Waals surface area contributed by atoms with E-state index in [1.807, 2.05) is 19.1 Å². The molecular weight excluding hydrogens is 356 g/mol. The number of hydrogen-bond donors (Lipinski definition) is 1. The molecule has 0 aliphatic heterocycles. The summed E-state index contributed by atoms with van der Waals surface area (Å²) in [5, 5.41) is 4.00. The molecule has 2 rings (SSSR count). The van der Waals surface area contributed by atoms with E-state index < -0.39 is 0 Å². The highest BCUT2D eigenvalue weighted by Gasteiger charge is 2.15. The van der Waals surface area contributed by atoms with Crippen LogP contribution in [0.5, 0.6) is 0 Å². The van der Waals surface area contributed by atoms with Gasteiger partial charge in [0.25, 0.3) is 5.91 Å². The number of carbonyl (C=O) groups is 1. The number of aromatic nitrogens is 1. The molecule has 0 unspecified atom stereocenters. The number of nitrogens with zero attached hydrogens (tertiary/aromatic N) is 1. The third kappa shape index (κ3) is 4.14. The van der Waals surface area contributed by atoms with Crippen LogP contribution >= 0.6 is 38.6 Å². The Morgan fingerprint density at radius 3 is 2.75 bits per heavy atom. The van der Waals surface area contributed by atoms with Crippen LogP contribution < -0.4 is 5.32 Å². The molecule has 0 saturated carbocycles. The molecule has 2 heterocycles. The lowest BCUT2D eigenvalue weighted by Crippen LogP contribution is -2.22. The van der Waals surface area contributed by atoms with Gasteiger partial charge in [-0.15, -0.1) is 22.7 Å². The third-order valence-corrected chi connectivity index (χ3v) is 5.48. The van der Waals surface area contributed by atoms with E-state index in [2.05, 4.69) is 40.1 Å². The van der Waals surface area contributed by atoms with Crippen LogP contribution in [-0.2, 0) is 13.0 Å². The first kappa shape index (κ1) is 15.7. The number of thiophene rings is 1. The maximum absolute atomic E-state index is 12.2. The smallest absolute Gasteiger partial charge is 0.263 e. The second-order valence-electron chi connectivity index (χ2n) is 5.01. The van der Waals surface area contributed by atoms with E-state index in [4.69, 9.17) is 0 Å². The molecule has 108 valence electrons. The zero-order chi connectivity index (χ0) is 14.7. The van der Waals surface area contributed by atoms with Gasteiger partial charge in [-0.2, -0.15) is 0 Å². The number of rotatable bonds is 5. The SMILES string of the molecule is Cc1nc(CC(C)C)sc1C(=O)NCc1ccc(Br)s1. The Kier molecular flexibility index (Phi) is 5.35. The van der Waals surface area contributed by atoms with Gasteiger partial charge in [-0.25, -0.2) is 4.98 Å². The molecule has 0 aromatic carbocycles. The predicted octanol–water partition coefficient (Wildman–Crippen LogP) is 4.40. The molecule has 2 aromatic heterocycles. The van der Waals surface area contributed by atoms with E-state index in [0.717, 1.165) is 30.7 Å². The largest absolute Gasteiger partial charge is 0.346 e. The highest BCUT2D eigenvalue weighted by molar-refractivity contribution is 9.11. The van der Waals surface area contributed by atoms with E-state index >= 15 is 0 Å². The first-order chi connectivity index (χ1) is 9.45. The summed E-state index contributed by atoms with van der Waals surface area (Å²) in [4.78, 5) is 18.5. The van der Waals surface area contributed by atoms with Crippen LogP contribution in [0.4, 0.5) is 0 Å². The maximum atomic E-state index is 12.2. The minimum atomic E-state index is -0.0282. The minimum absolute atomic E-state index is 0.0282. The summed E-state index contributed by atoms with van der Waals surface area (Å²) in [7, 11) is 0. The molecule has 0 fully saturated rings. The van der Waals surface area contributed by atoms with Gasteiger partial charge in [0, 0.05) is 11.3 Å². The summed E-state index contributed by atoms with van der Waals surface area (Å²) >= 11 is 6.56. The lowest BCUT2D eigenvalue weighted by atomic mass is 10.1. The highest BCUT2D eigenvalue weighted by atomic mass is 79.9. The van der Waals surface area contributed by atoms with Crippen LogP contribution in [0, 0.1) is 12.8 Å². The van der Waals surface area contributed by atoms with E-state index in [1.54, 1.807) is 11.3 Å². The van der Waals surface area contributed by atoms with Crippen LogP contribution in [-0.4, -0.2) is 10.9 Å². The number of hydrogen-bond acceptors (Lipinski definition) is 4. The van der Waals surface area contributed by atoms with Gasteiger partial charge < -0.3 is 5.32 Å². The lowest BCUT2D eigenvalue weighted by molar-refractivity contribution is 0.0954. The van der Waals surface area contributed by atoms with Crippen LogP contribution in [0.1, 0.15) is 39.1 Å². The second-order valence-corrected chi connectivity index (χ2v) is 8.64. The van der Waals surface area contributed by atoms with Gasteiger partial charge in [0.1, 0.15) is 4.88 Å². The fourth-order valence-corrected chi connectivity index (χ4v) is 4.41. The summed E-state index contributed by atoms with van der Waals surface area (Å²) < 4.78 is 1.08. The van der Waals surface area contributed by atoms with Gasteiger partial charge in [-0.05, 0) is 40.9 Å². The van der Waals surface area contributed by atoms with Crippen LogP contribution in [0.3, 0.4) is 0 Å². The zero-order valence-electron chi connectivity index (χ0n) is 11.7. The number of nitrogens with one attached hydrogen (secondary N) is 1. The number of aryl methyl sites for hydroxylation is 1. The number of carbonyl (C=O) groups excluding carboxylic acids is 1. The number of halogens is 1. The monoisotopic (exact) mass is 372 g/mol. The molecule has 3 nitrogen and oxygen atoms in total. The Bertz CT molecular complexity index is 604. The molecule has 2 aromatic rings. The van der Waals surface area contributed by atoms with E-state index in [9.17, 15) is 4.79 Å². The molecule has 0 spiro atoms. The Hall–Kier alpha value is -0.720. The maximum Gasteiger partial charge on any atom is 0.263 e. The van der Waals surface area contributed by atoms with Crippen molar-refractivity contribution in [2.24, 2.45) is 5.92 Å². The summed E-state index contributed by atoms with van der Waals surface area (Å²) in [5.74, 6) is 0.527. The van der Waals surface area contributed by atoms with Gasteiger partial charge in [0.2, 0.25) is 0 Å². The number of thiazole rings is 1. The van der Waals surface area contributed by atoms with Gasteiger partial charge in [-0.1, -0.05) is 13.8 Å². The molecule has 0 bridgehead atoms. The predicted molar refractivity (Wildman–Crippen MR) is 88.6 cm³/mol. The summed E-state index contributed by atoms with van der Waals surface area (Å²) in [6.45, 7) is 6.78. The summed E-state index contributed by atoms with van der Waals surface area (Å²) in [5.41, 5.74) is 0.829. The molecule has 0 radical (unpaired) electrons. The van der Waals surface area contributed by atoms with Crippen LogP contribution in [0.15, 0.2) is 15.9 Å². The third-order valence-electron chi connectivity index (χ3n) is 2.68. The zero-order valence-corrected chi connectivity index (χ0v) is 14.9. The van der Waals surface area contributed by atoms with Gasteiger partial charge in [0.05, 0.1) is 21.0 Å². The normalized spacial score (nSPS) is 11.1. The molecule has 0 atom stereocenters. The van der Waals surface area contributed by atoms with Crippen molar-refractivity contribution in [1.82, 2.24) is 10.3 Å². The summed E-state index contributed by atoms with van der Waals surface area (Å²) in [6, 6.07) is 4.00. The molecule has 20 heavy (non-hydrogen) atoms. The molecule has 1 N–H and O–H groups in total. The molecular formula is C14H17BrN2OS2. The van der Waals surface area contributed by atoms with Crippen molar-refractivity contribution in [3.63, 3.8) is 0 Å². The van der Waals surface area contributed by atoms with Gasteiger partial charge in [0.15, 0.2) is 0 Å². The second kappa shape index (κ2) is 6.83. The molecule has 1 amide bonds. The van der Waals surface area contributed by atoms with Crippen molar-refractivity contribution >= 4 is 44.5 Å². The Labute approximate surface area is 135 Å². The summed E-state index contributed by atoms with van der Waals surface area (Å²) in [6.07, 6.45) is 0.927. The first-order valence-electron chi connectivity index (χ1n) is 6.44. The van der Waals surface area contributed by atoms with Crippen molar-refractivity contribution in [2.45, 2.75) is 33.7 Å². The minimum Gasteiger partial charge on any atom is -0.346 e. The highest BCUT2D eigenvalue weighted by Crippen LogP contribution is 2.23. The average molecular weight is 373 g/mol. The quantitative estimate of drug-likeness (QED) is 0.844. The van der Waals surface area contributed by atoms with E-state index in [1.165, 1.54) is 11.3 Å². The topological polar surface area (TPSA) is 42.0 Å². The Balaban J connectivity index is 2.00. The molecule has 0 saturated heterocycles. The van der Waals surface area contributed by atoms with Gasteiger partial charge in [-0.3, -0.25) is 4.79 Å². The molecule has 6 heteroatoms. The van der Waals surface area contributed by atoms with Crippen LogP contribution in [0.25, 0.3) is 0 Å². The van der Waals surface area contributed by atoms with E-state index in [0.29, 0.717) is 12.5 Å². The van der Waals surface area contributed by atoms with Gasteiger partial charge >= 0.3 is 0 Å². The van der Waals surface area contributed by atoms with Crippen LogP contribution in [0.2, 0.25) is 0 Å². The first-order valence-corrected chi connectivity index (χ1v) is 8.87. The van der Waals surface area contributed by atoms with Crippen molar-refractivity contribution < 1.29 is 4.79 Å².